The molecule has 0 aromatic heterocycles. The standard InChI is InChI=1S/C16H15F3N2O3S/c1-20-13-3-2-9(6-12(13)16(17,18)19)21-7-11-8-4-10(14(22)5-8)15(11)25(21,23)24/h2-3,6,8,10-11,14-15,22H,4-5,7H2/t8-,10-,11-,14+,15+/m1/s1. The normalized spacial score (nSPS) is 35.6. The molecule has 5 atom stereocenters. The number of halogens is 3. The van der Waals surface area contributed by atoms with Gasteiger partial charge >= 0.3 is 6.18 Å². The molecule has 0 spiro atoms. The zero-order valence-corrected chi connectivity index (χ0v) is 13.8. The first-order chi connectivity index (χ1) is 11.6. The summed E-state index contributed by atoms with van der Waals surface area (Å²) in [5.41, 5.74) is -1.75. The summed E-state index contributed by atoms with van der Waals surface area (Å²) in [5.74, 6) is -0.405. The summed E-state index contributed by atoms with van der Waals surface area (Å²) >= 11 is 0. The molecule has 3 fully saturated rings. The van der Waals surface area contributed by atoms with E-state index in [0.29, 0.717) is 12.8 Å². The summed E-state index contributed by atoms with van der Waals surface area (Å²) in [6.45, 7) is 7.01. The Morgan fingerprint density at radius 1 is 1.24 bits per heavy atom. The van der Waals surface area contributed by atoms with Crippen molar-refractivity contribution in [2.45, 2.75) is 30.4 Å². The molecule has 1 N–H and O–H groups in total. The Hall–Kier alpha value is -1.79. The molecule has 2 aliphatic carbocycles. The monoisotopic (exact) mass is 372 g/mol. The minimum absolute atomic E-state index is 0.0667. The van der Waals surface area contributed by atoms with E-state index in [1.54, 1.807) is 0 Å². The molecule has 1 saturated heterocycles. The predicted octanol–water partition coefficient (Wildman–Crippen LogP) is 2.79. The molecule has 0 amide bonds. The summed E-state index contributed by atoms with van der Waals surface area (Å²) in [6, 6.07) is 3.00. The third-order valence-electron chi connectivity index (χ3n) is 5.78. The van der Waals surface area contributed by atoms with Crippen LogP contribution in [0.15, 0.2) is 18.2 Å². The number of alkyl halides is 3. The van der Waals surface area contributed by atoms with Crippen molar-refractivity contribution in [1.82, 2.24) is 0 Å². The molecule has 9 heteroatoms. The Labute approximate surface area is 142 Å². The second-order valence-corrected chi connectivity index (χ2v) is 8.99. The van der Waals surface area contributed by atoms with Gasteiger partial charge in [-0.1, -0.05) is 6.07 Å². The van der Waals surface area contributed by atoms with Gasteiger partial charge in [-0.15, -0.1) is 0 Å². The number of sulfonamides is 1. The van der Waals surface area contributed by atoms with Gasteiger partial charge in [0.2, 0.25) is 10.0 Å². The van der Waals surface area contributed by atoms with Crippen molar-refractivity contribution in [1.29, 1.82) is 0 Å². The van der Waals surface area contributed by atoms with Crippen molar-refractivity contribution in [3.05, 3.63) is 35.2 Å². The number of hydrogen-bond acceptors (Lipinski definition) is 3. The maximum absolute atomic E-state index is 13.2. The lowest BCUT2D eigenvalue weighted by Gasteiger charge is -2.26. The Morgan fingerprint density at radius 3 is 2.60 bits per heavy atom. The Morgan fingerprint density at radius 2 is 1.96 bits per heavy atom. The van der Waals surface area contributed by atoms with Crippen LogP contribution in [0.4, 0.5) is 24.5 Å². The highest BCUT2D eigenvalue weighted by Gasteiger charge is 2.62. The molecule has 25 heavy (non-hydrogen) atoms. The van der Waals surface area contributed by atoms with Gasteiger partial charge in [0.1, 0.15) is 0 Å². The maximum Gasteiger partial charge on any atom is 0.407 e. The molecule has 134 valence electrons. The number of fused-ring (bicyclic) bond motifs is 5. The minimum Gasteiger partial charge on any atom is -0.393 e. The molecule has 0 radical (unpaired) electrons. The first-order valence-electron chi connectivity index (χ1n) is 7.93. The average Bonchev–Trinajstić information content (AvgIpc) is 3.15. The van der Waals surface area contributed by atoms with Crippen molar-refractivity contribution in [3.63, 3.8) is 0 Å². The fourth-order valence-corrected chi connectivity index (χ4v) is 7.33. The van der Waals surface area contributed by atoms with Crippen LogP contribution in [-0.2, 0) is 16.2 Å². The zero-order chi connectivity index (χ0) is 18.1. The van der Waals surface area contributed by atoms with Crippen LogP contribution in [0.25, 0.3) is 4.85 Å². The molecular weight excluding hydrogens is 357 g/mol. The summed E-state index contributed by atoms with van der Waals surface area (Å²) < 4.78 is 66.3. The predicted molar refractivity (Wildman–Crippen MR) is 83.5 cm³/mol. The SMILES string of the molecule is [C-]#[N+]c1ccc(N2C[C@@H]3[C@@H]4C[C@@H]([C@@H]3S2(=O)=O)[C@@H](O)C4)cc1C(F)(F)F. The number of hydrogen-bond donors (Lipinski definition) is 1. The fraction of sp³-hybridized carbons (Fsp3) is 0.562. The molecule has 5 nitrogen and oxygen atoms in total. The van der Waals surface area contributed by atoms with E-state index >= 15 is 0 Å². The van der Waals surface area contributed by atoms with E-state index in [1.807, 2.05) is 0 Å². The van der Waals surface area contributed by atoms with Crippen LogP contribution in [0.5, 0.6) is 0 Å². The minimum atomic E-state index is -4.73. The Balaban J connectivity index is 1.76. The topological polar surface area (TPSA) is 62.0 Å². The van der Waals surface area contributed by atoms with Crippen LogP contribution in [0.3, 0.4) is 0 Å². The second-order valence-electron chi connectivity index (χ2n) is 6.98. The molecule has 1 aromatic carbocycles. The van der Waals surface area contributed by atoms with Gasteiger partial charge in [0.25, 0.3) is 0 Å². The van der Waals surface area contributed by atoms with Crippen molar-refractivity contribution in [2.75, 3.05) is 10.8 Å². The summed E-state index contributed by atoms with van der Waals surface area (Å²) in [7, 11) is -3.83. The molecule has 4 rings (SSSR count). The molecular formula is C16H15F3N2O3S. The first-order valence-corrected chi connectivity index (χ1v) is 9.43. The molecule has 2 saturated carbocycles. The van der Waals surface area contributed by atoms with Gasteiger partial charge in [-0.2, -0.15) is 13.2 Å². The van der Waals surface area contributed by atoms with Gasteiger partial charge in [-0.25, -0.2) is 13.3 Å². The van der Waals surface area contributed by atoms with Gasteiger partial charge in [0, 0.05) is 18.2 Å². The van der Waals surface area contributed by atoms with Crippen molar-refractivity contribution < 1.29 is 26.7 Å². The summed E-state index contributed by atoms with van der Waals surface area (Å²) in [6.07, 6.45) is -4.17. The summed E-state index contributed by atoms with van der Waals surface area (Å²) in [4.78, 5) is 2.87. The van der Waals surface area contributed by atoms with E-state index < -0.39 is 38.8 Å². The van der Waals surface area contributed by atoms with E-state index in [1.165, 1.54) is 6.07 Å². The smallest absolute Gasteiger partial charge is 0.393 e. The average molecular weight is 372 g/mol. The van der Waals surface area contributed by atoms with E-state index in [-0.39, 0.29) is 30.0 Å². The lowest BCUT2D eigenvalue weighted by Crippen LogP contribution is -2.38. The highest BCUT2D eigenvalue weighted by molar-refractivity contribution is 7.93. The van der Waals surface area contributed by atoms with E-state index in [2.05, 4.69) is 4.85 Å². The molecule has 1 aliphatic heterocycles. The number of anilines is 1. The third kappa shape index (κ3) is 2.27. The summed E-state index contributed by atoms with van der Waals surface area (Å²) in [5, 5.41) is 9.28. The molecule has 1 aromatic rings. The quantitative estimate of drug-likeness (QED) is 0.771. The Kier molecular flexibility index (Phi) is 3.41. The largest absolute Gasteiger partial charge is 0.407 e. The van der Waals surface area contributed by atoms with Crippen LogP contribution in [-0.4, -0.2) is 31.4 Å². The number of nitrogens with zero attached hydrogens (tertiary/aromatic N) is 2. The van der Waals surface area contributed by atoms with Gasteiger partial charge in [-0.3, -0.25) is 4.31 Å². The second kappa shape index (κ2) is 5.11. The van der Waals surface area contributed by atoms with Gasteiger partial charge < -0.3 is 5.11 Å². The molecule has 3 aliphatic rings. The van der Waals surface area contributed by atoms with Gasteiger partial charge in [0.05, 0.1) is 23.5 Å². The van der Waals surface area contributed by atoms with Crippen LogP contribution in [0.1, 0.15) is 18.4 Å². The molecule has 0 unspecified atom stereocenters. The number of benzene rings is 1. The van der Waals surface area contributed by atoms with E-state index in [4.69, 9.17) is 6.57 Å². The van der Waals surface area contributed by atoms with E-state index in [9.17, 15) is 26.7 Å². The zero-order valence-electron chi connectivity index (χ0n) is 12.9. The Bertz CT molecular complexity index is 878. The van der Waals surface area contributed by atoms with Gasteiger partial charge in [0.15, 0.2) is 5.69 Å². The van der Waals surface area contributed by atoms with Crippen LogP contribution >= 0.6 is 0 Å². The lowest BCUT2D eigenvalue weighted by molar-refractivity contribution is -0.136. The number of rotatable bonds is 1. The third-order valence-corrected chi connectivity index (χ3v) is 8.15. The highest BCUT2D eigenvalue weighted by Crippen LogP contribution is 2.56. The molecule has 1 heterocycles. The van der Waals surface area contributed by atoms with Crippen molar-refractivity contribution >= 4 is 21.4 Å². The lowest BCUT2D eigenvalue weighted by atomic mass is 9.87. The maximum atomic E-state index is 13.2. The highest BCUT2D eigenvalue weighted by atomic mass is 32.2. The van der Waals surface area contributed by atoms with Crippen molar-refractivity contribution in [2.24, 2.45) is 17.8 Å². The fourth-order valence-electron chi connectivity index (χ4n) is 4.77. The first kappa shape index (κ1) is 16.7. The molecule has 2 bridgehead atoms. The van der Waals surface area contributed by atoms with Gasteiger partial charge in [-0.05, 0) is 36.8 Å². The van der Waals surface area contributed by atoms with Crippen LogP contribution < -0.4 is 4.31 Å². The number of aliphatic hydroxyl groups is 1. The van der Waals surface area contributed by atoms with Crippen molar-refractivity contribution in [3.8, 4) is 0 Å². The van der Waals surface area contributed by atoms with Crippen LogP contribution in [0.2, 0.25) is 0 Å². The number of aliphatic hydroxyl groups excluding tert-OH is 1. The van der Waals surface area contributed by atoms with Crippen LogP contribution in [0, 0.1) is 24.3 Å². The van der Waals surface area contributed by atoms with E-state index in [0.717, 1.165) is 16.4 Å².